The predicted molar refractivity (Wildman–Crippen MR) is 79.8 cm³/mol. The molecule has 0 radical (unpaired) electrons. The Hall–Kier alpha value is -2.14. The molecule has 2 rings (SSSR count). The molecule has 5 heteroatoms. The van der Waals surface area contributed by atoms with Crippen molar-refractivity contribution in [1.82, 2.24) is 5.32 Å². The molecule has 1 aromatic heterocycles. The summed E-state index contributed by atoms with van der Waals surface area (Å²) in [6.07, 6.45) is 0.937. The highest BCUT2D eigenvalue weighted by molar-refractivity contribution is 7.14. The van der Waals surface area contributed by atoms with Gasteiger partial charge >= 0.3 is 0 Å². The first-order chi connectivity index (χ1) is 9.60. The second-order valence-electron chi connectivity index (χ2n) is 4.36. The van der Waals surface area contributed by atoms with E-state index in [4.69, 9.17) is 5.73 Å². The van der Waals surface area contributed by atoms with E-state index in [9.17, 15) is 9.59 Å². The highest BCUT2D eigenvalue weighted by Crippen LogP contribution is 2.16. The summed E-state index contributed by atoms with van der Waals surface area (Å²) in [5, 5.41) is 2.86. The van der Waals surface area contributed by atoms with Crippen molar-refractivity contribution < 1.29 is 9.59 Å². The highest BCUT2D eigenvalue weighted by Gasteiger charge is 2.08. The van der Waals surface area contributed by atoms with Gasteiger partial charge in [0, 0.05) is 17.0 Å². The summed E-state index contributed by atoms with van der Waals surface area (Å²) in [5.41, 5.74) is 6.56. The number of carbonyl (C=O) groups is 2. The maximum absolute atomic E-state index is 11.9. The lowest BCUT2D eigenvalue weighted by Crippen LogP contribution is -2.21. The number of nitrogens with two attached hydrogens (primary N) is 1. The number of hydrogen-bond donors (Lipinski definition) is 2. The van der Waals surface area contributed by atoms with E-state index in [0.29, 0.717) is 12.1 Å². The van der Waals surface area contributed by atoms with Gasteiger partial charge in [0.2, 0.25) is 5.91 Å². The Kier molecular flexibility index (Phi) is 4.53. The predicted octanol–water partition coefficient (Wildman–Crippen LogP) is 2.34. The number of aryl methyl sites for hydroxylation is 1. The van der Waals surface area contributed by atoms with Crippen LogP contribution in [0, 0.1) is 0 Å². The van der Waals surface area contributed by atoms with Crippen molar-refractivity contribution in [1.29, 1.82) is 0 Å². The number of hydrogen-bond acceptors (Lipinski definition) is 3. The minimum Gasteiger partial charge on any atom is -0.366 e. The van der Waals surface area contributed by atoms with Crippen LogP contribution in [0.5, 0.6) is 0 Å². The molecule has 4 nitrogen and oxygen atoms in total. The zero-order valence-electron chi connectivity index (χ0n) is 11.2. The molecule has 3 N–H and O–H groups in total. The summed E-state index contributed by atoms with van der Waals surface area (Å²) in [7, 11) is 0. The summed E-state index contributed by atoms with van der Waals surface area (Å²) in [5.74, 6) is -0.528. The lowest BCUT2D eigenvalue weighted by Gasteiger charge is -2.04. The summed E-state index contributed by atoms with van der Waals surface area (Å²) < 4.78 is 0. The average Bonchev–Trinajstić information content (AvgIpc) is 2.94. The fourth-order valence-corrected chi connectivity index (χ4v) is 2.61. The van der Waals surface area contributed by atoms with Gasteiger partial charge < -0.3 is 11.1 Å². The van der Waals surface area contributed by atoms with E-state index in [1.165, 1.54) is 16.2 Å². The van der Waals surface area contributed by atoms with Crippen molar-refractivity contribution in [3.63, 3.8) is 0 Å². The number of rotatable bonds is 5. The molecule has 1 aromatic carbocycles. The van der Waals surface area contributed by atoms with Gasteiger partial charge in [-0.15, -0.1) is 11.3 Å². The smallest absolute Gasteiger partial charge is 0.261 e. The van der Waals surface area contributed by atoms with Gasteiger partial charge in [0.05, 0.1) is 4.88 Å². The third-order valence-corrected chi connectivity index (χ3v) is 4.15. The van der Waals surface area contributed by atoms with Crippen LogP contribution in [0.25, 0.3) is 0 Å². The van der Waals surface area contributed by atoms with Crippen molar-refractivity contribution in [2.45, 2.75) is 19.9 Å². The molecule has 0 spiro atoms. The quantitative estimate of drug-likeness (QED) is 0.886. The highest BCUT2D eigenvalue weighted by atomic mass is 32.1. The lowest BCUT2D eigenvalue weighted by atomic mass is 10.1. The fourth-order valence-electron chi connectivity index (χ4n) is 1.75. The molecule has 0 saturated carbocycles. The van der Waals surface area contributed by atoms with Crippen molar-refractivity contribution in [3.05, 3.63) is 57.3 Å². The zero-order valence-corrected chi connectivity index (χ0v) is 12.0. The standard InChI is InChI=1S/C15H16N2O2S/c1-2-12-7-8-13(20-12)15(19)17-9-10-3-5-11(6-4-10)14(16)18/h3-8H,2,9H2,1H3,(H2,16,18)(H,17,19). The molecule has 0 atom stereocenters. The third kappa shape index (κ3) is 3.45. The van der Waals surface area contributed by atoms with Gasteiger partial charge in [0.25, 0.3) is 5.91 Å². The van der Waals surface area contributed by atoms with Crippen LogP contribution in [-0.4, -0.2) is 11.8 Å². The molecule has 0 aliphatic heterocycles. The number of nitrogens with one attached hydrogen (secondary N) is 1. The molecule has 2 amide bonds. The van der Waals surface area contributed by atoms with Gasteiger partial charge in [-0.2, -0.15) is 0 Å². The summed E-state index contributed by atoms with van der Waals surface area (Å²) in [4.78, 5) is 24.8. The molecular formula is C15H16N2O2S. The largest absolute Gasteiger partial charge is 0.366 e. The molecule has 1 heterocycles. The second kappa shape index (κ2) is 6.34. The first kappa shape index (κ1) is 14.3. The average molecular weight is 288 g/mol. The Balaban J connectivity index is 1.94. The van der Waals surface area contributed by atoms with Crippen molar-refractivity contribution in [3.8, 4) is 0 Å². The molecule has 0 unspecified atom stereocenters. The first-order valence-electron chi connectivity index (χ1n) is 6.35. The molecule has 104 valence electrons. The van der Waals surface area contributed by atoms with Crippen LogP contribution >= 0.6 is 11.3 Å². The molecule has 0 saturated heterocycles. The molecule has 0 fully saturated rings. The Bertz CT molecular complexity index is 617. The van der Waals surface area contributed by atoms with Gasteiger partial charge in [-0.3, -0.25) is 9.59 Å². The molecular weight excluding hydrogens is 272 g/mol. The van der Waals surface area contributed by atoms with Gasteiger partial charge in [0.15, 0.2) is 0 Å². The Labute approximate surface area is 121 Å². The van der Waals surface area contributed by atoms with E-state index in [1.54, 1.807) is 24.3 Å². The van der Waals surface area contributed by atoms with E-state index in [-0.39, 0.29) is 5.91 Å². The summed E-state index contributed by atoms with van der Waals surface area (Å²) in [6.45, 7) is 2.49. The normalized spacial score (nSPS) is 10.2. The summed E-state index contributed by atoms with van der Waals surface area (Å²) >= 11 is 1.51. The van der Waals surface area contributed by atoms with Gasteiger partial charge in [0.1, 0.15) is 0 Å². The van der Waals surface area contributed by atoms with E-state index >= 15 is 0 Å². The molecule has 0 bridgehead atoms. The first-order valence-corrected chi connectivity index (χ1v) is 7.17. The van der Waals surface area contributed by atoms with E-state index in [2.05, 4.69) is 12.2 Å². The Morgan fingerprint density at radius 3 is 2.40 bits per heavy atom. The maximum atomic E-state index is 11.9. The number of thiophene rings is 1. The van der Waals surface area contributed by atoms with Crippen molar-refractivity contribution in [2.24, 2.45) is 5.73 Å². The van der Waals surface area contributed by atoms with Crippen molar-refractivity contribution in [2.75, 3.05) is 0 Å². The second-order valence-corrected chi connectivity index (χ2v) is 5.53. The number of amides is 2. The zero-order chi connectivity index (χ0) is 14.5. The Morgan fingerprint density at radius 1 is 1.15 bits per heavy atom. The van der Waals surface area contributed by atoms with Crippen molar-refractivity contribution >= 4 is 23.2 Å². The van der Waals surface area contributed by atoms with E-state index < -0.39 is 5.91 Å². The Morgan fingerprint density at radius 2 is 1.85 bits per heavy atom. The van der Waals surface area contributed by atoms with Crippen LogP contribution < -0.4 is 11.1 Å². The topological polar surface area (TPSA) is 72.2 Å². The van der Waals surface area contributed by atoms with E-state index in [1.807, 2.05) is 12.1 Å². The number of benzene rings is 1. The van der Waals surface area contributed by atoms with Crippen LogP contribution in [0.2, 0.25) is 0 Å². The van der Waals surface area contributed by atoms with Crippen LogP contribution in [0.4, 0.5) is 0 Å². The van der Waals surface area contributed by atoms with Crippen LogP contribution in [0.3, 0.4) is 0 Å². The van der Waals surface area contributed by atoms with Gasteiger partial charge in [-0.1, -0.05) is 19.1 Å². The van der Waals surface area contributed by atoms with Gasteiger partial charge in [-0.25, -0.2) is 0 Å². The van der Waals surface area contributed by atoms with Crippen LogP contribution in [0.15, 0.2) is 36.4 Å². The minimum atomic E-state index is -0.453. The maximum Gasteiger partial charge on any atom is 0.261 e. The van der Waals surface area contributed by atoms with Gasteiger partial charge in [-0.05, 0) is 36.2 Å². The third-order valence-electron chi connectivity index (χ3n) is 2.93. The van der Waals surface area contributed by atoms with Crippen LogP contribution in [-0.2, 0) is 13.0 Å². The molecule has 0 aliphatic carbocycles. The van der Waals surface area contributed by atoms with Crippen LogP contribution in [0.1, 0.15) is 37.4 Å². The monoisotopic (exact) mass is 288 g/mol. The molecule has 0 aliphatic rings. The fraction of sp³-hybridized carbons (Fsp3) is 0.200. The number of primary amides is 1. The van der Waals surface area contributed by atoms with E-state index in [0.717, 1.165) is 16.9 Å². The number of carbonyl (C=O) groups excluding carboxylic acids is 2. The molecule has 2 aromatic rings. The summed E-state index contributed by atoms with van der Waals surface area (Å²) in [6, 6.07) is 10.7. The minimum absolute atomic E-state index is 0.0753. The molecule has 20 heavy (non-hydrogen) atoms. The SMILES string of the molecule is CCc1ccc(C(=O)NCc2ccc(C(N)=O)cc2)s1. The lowest BCUT2D eigenvalue weighted by molar-refractivity contribution is 0.0953.